The monoisotopic (exact) mass is 552 g/mol. The molecule has 1 saturated carbocycles. The summed E-state index contributed by atoms with van der Waals surface area (Å²) in [4.78, 5) is 24.8. The summed E-state index contributed by atoms with van der Waals surface area (Å²) in [6.07, 6.45) is 5.44. The van der Waals surface area contributed by atoms with Crippen LogP contribution in [0.2, 0.25) is 0 Å². The minimum atomic E-state index is -3.42. The quantitative estimate of drug-likeness (QED) is 0.526. The van der Waals surface area contributed by atoms with Gasteiger partial charge in [0.2, 0.25) is 10.0 Å². The maximum Gasteiger partial charge on any atom is 0.407 e. The average molecular weight is 553 g/mol. The van der Waals surface area contributed by atoms with E-state index in [2.05, 4.69) is 15.8 Å². The molecular formula is C26H40N4O7S. The first kappa shape index (κ1) is 27.4. The van der Waals surface area contributed by atoms with Crippen molar-refractivity contribution in [3.63, 3.8) is 0 Å². The molecule has 0 spiro atoms. The second kappa shape index (κ2) is 10.8. The first-order valence-electron chi connectivity index (χ1n) is 13.8. The highest BCUT2D eigenvalue weighted by molar-refractivity contribution is 7.89. The first-order chi connectivity index (χ1) is 18.0. The van der Waals surface area contributed by atoms with Crippen molar-refractivity contribution in [2.45, 2.75) is 108 Å². The normalized spacial score (nSPS) is 30.4. The van der Waals surface area contributed by atoms with Crippen LogP contribution in [0.1, 0.15) is 94.3 Å². The van der Waals surface area contributed by atoms with Gasteiger partial charge in [0.25, 0.3) is 5.91 Å². The maximum absolute atomic E-state index is 13.5. The number of piperidine rings is 1. The Morgan fingerprint density at radius 1 is 1.03 bits per heavy atom. The highest BCUT2D eigenvalue weighted by Gasteiger charge is 2.47. The number of hydrogen-bond donors (Lipinski definition) is 2. The molecule has 11 nitrogen and oxygen atoms in total. The van der Waals surface area contributed by atoms with Gasteiger partial charge in [-0.05, 0) is 78.1 Å². The summed E-state index contributed by atoms with van der Waals surface area (Å²) in [5.41, 5.74) is -0.290. The molecule has 1 aromatic rings. The highest BCUT2D eigenvalue weighted by Crippen LogP contribution is 2.39. The lowest BCUT2D eigenvalue weighted by atomic mass is 9.87. The summed E-state index contributed by atoms with van der Waals surface area (Å²) in [5.74, 6) is 0.762. The largest absolute Gasteiger partial charge is 0.444 e. The van der Waals surface area contributed by atoms with E-state index < -0.39 is 21.7 Å². The van der Waals surface area contributed by atoms with E-state index in [0.717, 1.165) is 38.5 Å². The van der Waals surface area contributed by atoms with Crippen LogP contribution in [0.15, 0.2) is 10.6 Å². The van der Waals surface area contributed by atoms with Crippen molar-refractivity contribution in [3.8, 4) is 0 Å². The third-order valence-corrected chi connectivity index (χ3v) is 10.3. The third kappa shape index (κ3) is 6.34. The van der Waals surface area contributed by atoms with Gasteiger partial charge >= 0.3 is 6.09 Å². The summed E-state index contributed by atoms with van der Waals surface area (Å²) in [5, 5.41) is 9.89. The van der Waals surface area contributed by atoms with Gasteiger partial charge in [-0.15, -0.1) is 0 Å². The van der Waals surface area contributed by atoms with Gasteiger partial charge in [-0.3, -0.25) is 4.79 Å². The molecule has 1 aliphatic carbocycles. The zero-order valence-electron chi connectivity index (χ0n) is 22.5. The lowest BCUT2D eigenvalue weighted by molar-refractivity contribution is -0.00228. The van der Waals surface area contributed by atoms with Gasteiger partial charge in [0, 0.05) is 30.2 Å². The summed E-state index contributed by atoms with van der Waals surface area (Å²) in [6.45, 7) is 6.65. The van der Waals surface area contributed by atoms with Crippen molar-refractivity contribution >= 4 is 22.0 Å². The van der Waals surface area contributed by atoms with E-state index in [4.69, 9.17) is 14.0 Å². The van der Waals surface area contributed by atoms with Gasteiger partial charge in [0.15, 0.2) is 5.69 Å². The van der Waals surface area contributed by atoms with Crippen molar-refractivity contribution in [3.05, 3.63) is 17.5 Å². The van der Waals surface area contributed by atoms with Crippen molar-refractivity contribution < 1.29 is 32.0 Å². The molecule has 2 bridgehead atoms. The second-order valence-electron chi connectivity index (χ2n) is 12.3. The molecule has 0 radical (unpaired) electrons. The fourth-order valence-electron chi connectivity index (χ4n) is 6.29. The Morgan fingerprint density at radius 3 is 2.26 bits per heavy atom. The average Bonchev–Trinajstić information content (AvgIpc) is 3.36. The Labute approximate surface area is 224 Å². The summed E-state index contributed by atoms with van der Waals surface area (Å²) in [7, 11) is -3.42. The molecule has 4 aliphatic rings. The number of alkyl carbamates (subject to hydrolysis) is 1. The number of fused-ring (bicyclic) bond motifs is 2. The number of aromatic nitrogens is 1. The molecule has 38 heavy (non-hydrogen) atoms. The highest BCUT2D eigenvalue weighted by atomic mass is 32.2. The summed E-state index contributed by atoms with van der Waals surface area (Å²) >= 11 is 0. The zero-order valence-corrected chi connectivity index (χ0v) is 23.3. The van der Waals surface area contributed by atoms with E-state index in [9.17, 15) is 18.0 Å². The number of sulfonamides is 1. The lowest BCUT2D eigenvalue weighted by Gasteiger charge is -2.39. The fourth-order valence-corrected chi connectivity index (χ4v) is 8.68. The Kier molecular flexibility index (Phi) is 7.76. The molecule has 12 heteroatoms. The minimum Gasteiger partial charge on any atom is -0.444 e. The molecule has 4 fully saturated rings. The molecular weight excluding hydrogens is 512 g/mol. The standard InChI is InChI=1S/C26H40N4O7S/c1-26(2,3)36-25(32)28-18-6-4-16(5-7-18)15-38(33,34)30-20-8-9-21(30)11-19(10-20)27-24(31)22-12-23(37-29-22)17-13-35-14-17/h12,16-21H,4-11,13-15H2,1-3H3,(H,27,31)(H,28,32)/t16?,18?,19?,20-,21+. The number of amides is 2. The van der Waals surface area contributed by atoms with Gasteiger partial charge < -0.3 is 24.6 Å². The number of nitrogens with one attached hydrogen (secondary N) is 2. The van der Waals surface area contributed by atoms with E-state index in [1.807, 2.05) is 20.8 Å². The van der Waals surface area contributed by atoms with Gasteiger partial charge in [-0.1, -0.05) is 5.16 Å². The van der Waals surface area contributed by atoms with Crippen LogP contribution in [0.25, 0.3) is 0 Å². The molecule has 0 aromatic carbocycles. The fraction of sp³-hybridized carbons (Fsp3) is 0.808. The van der Waals surface area contributed by atoms with Crippen LogP contribution in [0.3, 0.4) is 0 Å². The summed E-state index contributed by atoms with van der Waals surface area (Å²) < 4.78 is 44.6. The molecule has 1 aromatic heterocycles. The van der Waals surface area contributed by atoms with Crippen molar-refractivity contribution in [1.82, 2.24) is 20.1 Å². The van der Waals surface area contributed by atoms with Crippen LogP contribution in [-0.4, -0.2) is 78.6 Å². The zero-order chi connectivity index (χ0) is 27.1. The van der Waals surface area contributed by atoms with Crippen molar-refractivity contribution in [1.29, 1.82) is 0 Å². The predicted molar refractivity (Wildman–Crippen MR) is 138 cm³/mol. The molecule has 2 amide bonds. The van der Waals surface area contributed by atoms with Crippen molar-refractivity contribution in [2.75, 3.05) is 19.0 Å². The molecule has 1 unspecified atom stereocenters. The Hall–Kier alpha value is -2.18. The lowest BCUT2D eigenvalue weighted by Crippen LogP contribution is -2.53. The minimum absolute atomic E-state index is 0.0159. The van der Waals surface area contributed by atoms with Gasteiger partial charge in [0.05, 0.1) is 24.9 Å². The van der Waals surface area contributed by atoms with E-state index in [0.29, 0.717) is 31.8 Å². The van der Waals surface area contributed by atoms with E-state index in [1.54, 1.807) is 10.4 Å². The van der Waals surface area contributed by atoms with Gasteiger partial charge in [-0.2, -0.15) is 4.31 Å². The van der Waals surface area contributed by atoms with E-state index in [-0.39, 0.29) is 53.4 Å². The molecule has 3 saturated heterocycles. The van der Waals surface area contributed by atoms with Gasteiger partial charge in [-0.25, -0.2) is 13.2 Å². The van der Waals surface area contributed by atoms with Crippen LogP contribution in [0, 0.1) is 5.92 Å². The molecule has 3 aliphatic heterocycles. The molecule has 5 rings (SSSR count). The van der Waals surface area contributed by atoms with E-state index >= 15 is 0 Å². The van der Waals surface area contributed by atoms with Gasteiger partial charge in [0.1, 0.15) is 11.4 Å². The van der Waals surface area contributed by atoms with Crippen LogP contribution in [-0.2, 0) is 19.5 Å². The smallest absolute Gasteiger partial charge is 0.407 e. The molecule has 3 atom stereocenters. The Bertz CT molecular complexity index is 1100. The number of nitrogens with zero attached hydrogens (tertiary/aromatic N) is 2. The predicted octanol–water partition coefficient (Wildman–Crippen LogP) is 2.93. The first-order valence-corrected chi connectivity index (χ1v) is 15.4. The maximum atomic E-state index is 13.5. The number of hydrogen-bond acceptors (Lipinski definition) is 8. The van der Waals surface area contributed by atoms with Crippen LogP contribution in [0.5, 0.6) is 0 Å². The number of carbonyl (C=O) groups is 2. The Balaban J connectivity index is 1.10. The van der Waals surface area contributed by atoms with Crippen LogP contribution < -0.4 is 10.6 Å². The van der Waals surface area contributed by atoms with Crippen LogP contribution >= 0.6 is 0 Å². The molecule has 4 heterocycles. The SMILES string of the molecule is CC(C)(C)OC(=O)NC1CCC(CS(=O)(=O)N2[C@@H]3CC[C@H]2CC(NC(=O)c2cc(C4COC4)on2)C3)CC1. The number of carbonyl (C=O) groups excluding carboxylic acids is 2. The molecule has 212 valence electrons. The van der Waals surface area contributed by atoms with Crippen molar-refractivity contribution in [2.24, 2.45) is 5.92 Å². The Morgan fingerprint density at radius 2 is 1.68 bits per heavy atom. The number of rotatable bonds is 7. The third-order valence-electron chi connectivity index (χ3n) is 8.14. The number of ether oxygens (including phenoxy) is 2. The summed E-state index contributed by atoms with van der Waals surface area (Å²) in [6, 6.07) is 1.42. The van der Waals surface area contributed by atoms with E-state index in [1.165, 1.54) is 0 Å². The second-order valence-corrected chi connectivity index (χ2v) is 14.3. The molecule has 2 N–H and O–H groups in total. The topological polar surface area (TPSA) is 140 Å². The van der Waals surface area contributed by atoms with Crippen LogP contribution in [0.4, 0.5) is 4.79 Å².